The lowest BCUT2D eigenvalue weighted by Gasteiger charge is -2.13. The number of hydrogen-bond donors (Lipinski definition) is 1. The lowest BCUT2D eigenvalue weighted by atomic mass is 10.1. The van der Waals surface area contributed by atoms with Crippen molar-refractivity contribution in [2.45, 2.75) is 32.2 Å². The zero-order valence-corrected chi connectivity index (χ0v) is 11.4. The summed E-state index contributed by atoms with van der Waals surface area (Å²) in [5, 5.41) is 3.36. The topological polar surface area (TPSA) is 30.5 Å². The van der Waals surface area contributed by atoms with Crippen LogP contribution in [0.1, 0.15) is 24.5 Å². The van der Waals surface area contributed by atoms with E-state index in [1.54, 1.807) is 7.11 Å². The largest absolute Gasteiger partial charge is 0.492 e. The molecule has 1 aliphatic carbocycles. The molecule has 100 valence electrons. The summed E-state index contributed by atoms with van der Waals surface area (Å²) in [6, 6.07) is 6.86. The fourth-order valence-electron chi connectivity index (χ4n) is 2.42. The minimum absolute atomic E-state index is 0.374. The Balaban J connectivity index is 1.70. The van der Waals surface area contributed by atoms with Crippen molar-refractivity contribution in [2.24, 2.45) is 0 Å². The molecule has 0 bridgehead atoms. The molecule has 3 heteroatoms. The van der Waals surface area contributed by atoms with Crippen LogP contribution in [0.3, 0.4) is 0 Å². The van der Waals surface area contributed by atoms with E-state index < -0.39 is 0 Å². The molecule has 0 saturated heterocycles. The Morgan fingerprint density at radius 2 is 2.11 bits per heavy atom. The van der Waals surface area contributed by atoms with Crippen molar-refractivity contribution in [2.75, 3.05) is 26.9 Å². The summed E-state index contributed by atoms with van der Waals surface area (Å²) in [5.74, 6) is 0.997. The van der Waals surface area contributed by atoms with E-state index in [4.69, 9.17) is 9.47 Å². The molecule has 1 unspecified atom stereocenters. The highest BCUT2D eigenvalue weighted by Gasteiger charge is 2.11. The van der Waals surface area contributed by atoms with Gasteiger partial charge in [-0.3, -0.25) is 0 Å². The van der Waals surface area contributed by atoms with Gasteiger partial charge in [-0.15, -0.1) is 0 Å². The van der Waals surface area contributed by atoms with Crippen molar-refractivity contribution in [1.29, 1.82) is 0 Å². The van der Waals surface area contributed by atoms with E-state index >= 15 is 0 Å². The number of rotatable bonds is 7. The van der Waals surface area contributed by atoms with Gasteiger partial charge in [0.05, 0.1) is 6.61 Å². The van der Waals surface area contributed by atoms with Crippen LogP contribution in [0.4, 0.5) is 0 Å². The predicted molar refractivity (Wildman–Crippen MR) is 73.3 cm³/mol. The number of nitrogens with one attached hydrogen (secondary N) is 1. The zero-order chi connectivity index (χ0) is 12.8. The molecule has 0 fully saturated rings. The molecule has 0 aromatic heterocycles. The van der Waals surface area contributed by atoms with E-state index in [9.17, 15) is 0 Å². The third-order valence-corrected chi connectivity index (χ3v) is 3.35. The van der Waals surface area contributed by atoms with Crippen LogP contribution in [0, 0.1) is 0 Å². The molecule has 1 atom stereocenters. The van der Waals surface area contributed by atoms with Crippen molar-refractivity contribution < 1.29 is 9.47 Å². The molecule has 0 heterocycles. The van der Waals surface area contributed by atoms with Crippen molar-refractivity contribution in [1.82, 2.24) is 5.32 Å². The van der Waals surface area contributed by atoms with Gasteiger partial charge < -0.3 is 14.8 Å². The van der Waals surface area contributed by atoms with Crippen LogP contribution in [-0.2, 0) is 17.6 Å². The van der Waals surface area contributed by atoms with Gasteiger partial charge in [0.2, 0.25) is 0 Å². The third kappa shape index (κ3) is 3.72. The maximum absolute atomic E-state index is 5.76. The van der Waals surface area contributed by atoms with Crippen LogP contribution < -0.4 is 10.1 Å². The fourth-order valence-corrected chi connectivity index (χ4v) is 2.42. The summed E-state index contributed by atoms with van der Waals surface area (Å²) in [6.07, 6.45) is 3.72. The number of fused-ring (bicyclic) bond motifs is 1. The molecule has 0 aliphatic heterocycles. The van der Waals surface area contributed by atoms with E-state index in [0.717, 1.165) is 18.9 Å². The van der Waals surface area contributed by atoms with Crippen LogP contribution >= 0.6 is 0 Å². The molecule has 18 heavy (non-hydrogen) atoms. The second-order valence-electron chi connectivity index (χ2n) is 4.94. The highest BCUT2D eigenvalue weighted by molar-refractivity contribution is 5.38. The zero-order valence-electron chi connectivity index (χ0n) is 11.4. The highest BCUT2D eigenvalue weighted by atomic mass is 16.5. The van der Waals surface area contributed by atoms with Crippen molar-refractivity contribution >= 4 is 0 Å². The summed E-state index contributed by atoms with van der Waals surface area (Å²) >= 11 is 0. The SMILES string of the molecule is COCC(C)NCCOc1ccc2c(c1)CCC2. The summed E-state index contributed by atoms with van der Waals surface area (Å²) in [6.45, 7) is 4.40. The number of hydrogen-bond acceptors (Lipinski definition) is 3. The van der Waals surface area contributed by atoms with Crippen molar-refractivity contribution in [3.8, 4) is 5.75 Å². The highest BCUT2D eigenvalue weighted by Crippen LogP contribution is 2.25. The van der Waals surface area contributed by atoms with Crippen molar-refractivity contribution in [3.05, 3.63) is 29.3 Å². The Labute approximate surface area is 109 Å². The van der Waals surface area contributed by atoms with Crippen LogP contribution in [-0.4, -0.2) is 32.9 Å². The molecular weight excluding hydrogens is 226 g/mol. The van der Waals surface area contributed by atoms with E-state index in [0.29, 0.717) is 12.6 Å². The molecule has 0 amide bonds. The van der Waals surface area contributed by atoms with Gasteiger partial charge in [-0.25, -0.2) is 0 Å². The summed E-state index contributed by atoms with van der Waals surface area (Å²) in [4.78, 5) is 0. The normalized spacial score (nSPS) is 15.4. The van der Waals surface area contributed by atoms with Crippen LogP contribution in [0.25, 0.3) is 0 Å². The first-order valence-corrected chi connectivity index (χ1v) is 6.76. The molecular formula is C15H23NO2. The monoisotopic (exact) mass is 249 g/mol. The van der Waals surface area contributed by atoms with Gasteiger partial charge in [0.25, 0.3) is 0 Å². The molecule has 1 aliphatic rings. The summed E-state index contributed by atoms with van der Waals surface area (Å²) < 4.78 is 10.8. The minimum Gasteiger partial charge on any atom is -0.492 e. The average Bonchev–Trinajstić information content (AvgIpc) is 2.82. The summed E-state index contributed by atoms with van der Waals surface area (Å²) in [7, 11) is 1.72. The van der Waals surface area contributed by atoms with E-state index in [2.05, 4.69) is 30.4 Å². The van der Waals surface area contributed by atoms with Gasteiger partial charge in [-0.05, 0) is 49.4 Å². The van der Waals surface area contributed by atoms with Gasteiger partial charge >= 0.3 is 0 Å². The molecule has 2 rings (SSSR count). The first kappa shape index (κ1) is 13.4. The van der Waals surface area contributed by atoms with Gasteiger partial charge in [-0.1, -0.05) is 6.07 Å². The lowest BCUT2D eigenvalue weighted by Crippen LogP contribution is -2.33. The van der Waals surface area contributed by atoms with Gasteiger partial charge in [0.15, 0.2) is 0 Å². The number of aryl methyl sites for hydroxylation is 2. The second kappa shape index (κ2) is 6.76. The van der Waals surface area contributed by atoms with Gasteiger partial charge in [0.1, 0.15) is 12.4 Å². The summed E-state index contributed by atoms with van der Waals surface area (Å²) in [5.41, 5.74) is 2.96. The molecule has 1 aromatic rings. The number of methoxy groups -OCH3 is 1. The fraction of sp³-hybridized carbons (Fsp3) is 0.600. The Morgan fingerprint density at radius 1 is 1.28 bits per heavy atom. The number of ether oxygens (including phenoxy) is 2. The van der Waals surface area contributed by atoms with Gasteiger partial charge in [-0.2, -0.15) is 0 Å². The average molecular weight is 249 g/mol. The third-order valence-electron chi connectivity index (χ3n) is 3.35. The van der Waals surface area contributed by atoms with Crippen molar-refractivity contribution in [3.63, 3.8) is 0 Å². The Bertz CT molecular complexity index is 379. The van der Waals surface area contributed by atoms with Crippen LogP contribution in [0.2, 0.25) is 0 Å². The molecule has 0 spiro atoms. The molecule has 0 radical (unpaired) electrons. The molecule has 0 saturated carbocycles. The van der Waals surface area contributed by atoms with Crippen LogP contribution in [0.15, 0.2) is 18.2 Å². The molecule has 1 N–H and O–H groups in total. The quantitative estimate of drug-likeness (QED) is 0.751. The van der Waals surface area contributed by atoms with E-state index in [1.807, 2.05) is 0 Å². The van der Waals surface area contributed by atoms with E-state index in [1.165, 1.54) is 30.4 Å². The number of benzene rings is 1. The Morgan fingerprint density at radius 3 is 2.94 bits per heavy atom. The van der Waals surface area contributed by atoms with E-state index in [-0.39, 0.29) is 0 Å². The molecule has 3 nitrogen and oxygen atoms in total. The molecule has 1 aromatic carbocycles. The van der Waals surface area contributed by atoms with Crippen LogP contribution in [0.5, 0.6) is 5.75 Å². The first-order valence-electron chi connectivity index (χ1n) is 6.76. The Hall–Kier alpha value is -1.06. The maximum atomic E-state index is 5.76. The Kier molecular flexibility index (Phi) is 5.02. The second-order valence-corrected chi connectivity index (χ2v) is 4.94. The predicted octanol–water partition coefficient (Wildman–Crippen LogP) is 2.18. The standard InChI is InChI=1S/C15H23NO2/c1-12(11-17-2)16-8-9-18-15-7-6-13-4-3-5-14(13)10-15/h6-7,10,12,16H,3-5,8-9,11H2,1-2H3. The lowest BCUT2D eigenvalue weighted by molar-refractivity contribution is 0.169. The first-order chi connectivity index (χ1) is 8.79. The minimum atomic E-state index is 0.374. The van der Waals surface area contributed by atoms with Gasteiger partial charge in [0, 0.05) is 19.7 Å². The maximum Gasteiger partial charge on any atom is 0.119 e. The smallest absolute Gasteiger partial charge is 0.119 e.